The molecule has 1 atom stereocenters. The third kappa shape index (κ3) is 4.13. The van der Waals surface area contributed by atoms with Crippen molar-refractivity contribution in [3.63, 3.8) is 0 Å². The molecule has 1 aliphatic rings. The van der Waals surface area contributed by atoms with Gasteiger partial charge in [-0.2, -0.15) is 0 Å². The fraction of sp³-hybridized carbons (Fsp3) is 0.474. The number of carbonyl (C=O) groups excluding carboxylic acids is 1. The smallest absolute Gasteiger partial charge is 0.317 e. The summed E-state index contributed by atoms with van der Waals surface area (Å²) >= 11 is 0. The summed E-state index contributed by atoms with van der Waals surface area (Å²) in [5, 5.41) is 6.99. The minimum atomic E-state index is -0.0573. The number of aromatic nitrogens is 1. The fourth-order valence-corrected chi connectivity index (χ4v) is 3.28. The number of nitrogens with zero attached hydrogens (tertiary/aromatic N) is 3. The van der Waals surface area contributed by atoms with Crippen LogP contribution in [-0.4, -0.2) is 42.8 Å². The summed E-state index contributed by atoms with van der Waals surface area (Å²) in [5.74, 6) is 1.25. The summed E-state index contributed by atoms with van der Waals surface area (Å²) < 4.78 is 5.16. The number of hydrogen-bond donors (Lipinski definition) is 1. The van der Waals surface area contributed by atoms with E-state index in [1.165, 1.54) is 5.69 Å². The number of hydrogen-bond acceptors (Lipinski definition) is 4. The number of aryl methyl sites for hydroxylation is 2. The largest absolute Gasteiger partial charge is 0.371 e. The SMILES string of the molecule is Cc1noc(C)c1CN(C)C(=O)NC[C@H]1CCN(c2ccccc2)C1. The van der Waals surface area contributed by atoms with Crippen molar-refractivity contribution in [3.05, 3.63) is 47.3 Å². The molecule has 1 fully saturated rings. The Labute approximate surface area is 148 Å². The maximum absolute atomic E-state index is 12.4. The number of rotatable bonds is 5. The summed E-state index contributed by atoms with van der Waals surface area (Å²) in [6.45, 7) is 7.01. The average molecular weight is 342 g/mol. The Morgan fingerprint density at radius 2 is 2.12 bits per heavy atom. The number of benzene rings is 1. The van der Waals surface area contributed by atoms with Gasteiger partial charge in [0.05, 0.1) is 12.2 Å². The van der Waals surface area contributed by atoms with Crippen molar-refractivity contribution in [2.24, 2.45) is 5.92 Å². The van der Waals surface area contributed by atoms with E-state index in [-0.39, 0.29) is 6.03 Å². The van der Waals surface area contributed by atoms with Crippen LogP contribution in [-0.2, 0) is 6.54 Å². The van der Waals surface area contributed by atoms with Gasteiger partial charge in [0.2, 0.25) is 0 Å². The number of urea groups is 1. The second kappa shape index (κ2) is 7.59. The van der Waals surface area contributed by atoms with E-state index < -0.39 is 0 Å². The highest BCUT2D eigenvalue weighted by atomic mass is 16.5. The molecule has 1 aromatic carbocycles. The molecular weight excluding hydrogens is 316 g/mol. The van der Waals surface area contributed by atoms with Crippen LogP contribution in [0.15, 0.2) is 34.9 Å². The maximum atomic E-state index is 12.4. The highest BCUT2D eigenvalue weighted by Crippen LogP contribution is 2.23. The minimum absolute atomic E-state index is 0.0573. The highest BCUT2D eigenvalue weighted by molar-refractivity contribution is 5.73. The Balaban J connectivity index is 1.46. The summed E-state index contributed by atoms with van der Waals surface area (Å²) in [7, 11) is 1.80. The zero-order valence-electron chi connectivity index (χ0n) is 15.2. The molecule has 2 aromatic rings. The van der Waals surface area contributed by atoms with Crippen molar-refractivity contribution >= 4 is 11.7 Å². The van der Waals surface area contributed by atoms with Crippen LogP contribution in [0.3, 0.4) is 0 Å². The molecule has 3 rings (SSSR count). The average Bonchev–Trinajstić information content (AvgIpc) is 3.22. The summed E-state index contributed by atoms with van der Waals surface area (Å²) in [6.07, 6.45) is 1.10. The second-order valence-electron chi connectivity index (χ2n) is 6.78. The Morgan fingerprint density at radius 1 is 1.36 bits per heavy atom. The van der Waals surface area contributed by atoms with E-state index in [1.54, 1.807) is 11.9 Å². The summed E-state index contributed by atoms with van der Waals surface area (Å²) in [4.78, 5) is 16.4. The first-order valence-corrected chi connectivity index (χ1v) is 8.75. The van der Waals surface area contributed by atoms with Crippen LogP contribution in [0.2, 0.25) is 0 Å². The van der Waals surface area contributed by atoms with Crippen LogP contribution in [0.4, 0.5) is 10.5 Å². The van der Waals surface area contributed by atoms with Crippen LogP contribution in [0.25, 0.3) is 0 Å². The molecule has 2 amide bonds. The molecular formula is C19H26N4O2. The van der Waals surface area contributed by atoms with Crippen molar-refractivity contribution in [1.82, 2.24) is 15.4 Å². The molecule has 0 spiro atoms. The van der Waals surface area contributed by atoms with Crippen molar-refractivity contribution in [2.75, 3.05) is 31.6 Å². The van der Waals surface area contributed by atoms with Crippen LogP contribution < -0.4 is 10.2 Å². The van der Waals surface area contributed by atoms with Crippen molar-refractivity contribution in [3.8, 4) is 0 Å². The molecule has 25 heavy (non-hydrogen) atoms. The van der Waals surface area contributed by atoms with Gasteiger partial charge in [-0.15, -0.1) is 0 Å². The monoisotopic (exact) mass is 342 g/mol. The van der Waals surface area contributed by atoms with Crippen LogP contribution >= 0.6 is 0 Å². The predicted octanol–water partition coefficient (Wildman–Crippen LogP) is 2.96. The molecule has 1 saturated heterocycles. The van der Waals surface area contributed by atoms with E-state index in [4.69, 9.17) is 4.52 Å². The lowest BCUT2D eigenvalue weighted by molar-refractivity contribution is 0.205. The number of carbonyl (C=O) groups is 1. The summed E-state index contributed by atoms with van der Waals surface area (Å²) in [6, 6.07) is 10.4. The van der Waals surface area contributed by atoms with Crippen LogP contribution in [0, 0.1) is 19.8 Å². The normalized spacial score (nSPS) is 16.9. The lowest BCUT2D eigenvalue weighted by Gasteiger charge is -2.21. The summed E-state index contributed by atoms with van der Waals surface area (Å²) in [5.41, 5.74) is 3.08. The fourth-order valence-electron chi connectivity index (χ4n) is 3.28. The van der Waals surface area contributed by atoms with Gasteiger partial charge in [0.1, 0.15) is 5.76 Å². The van der Waals surface area contributed by atoms with Gasteiger partial charge in [-0.3, -0.25) is 0 Å². The van der Waals surface area contributed by atoms with Crippen LogP contribution in [0.1, 0.15) is 23.4 Å². The zero-order chi connectivity index (χ0) is 17.8. The van der Waals surface area contributed by atoms with E-state index in [0.29, 0.717) is 19.0 Å². The number of anilines is 1. The molecule has 1 N–H and O–H groups in total. The van der Waals surface area contributed by atoms with E-state index in [0.717, 1.165) is 36.5 Å². The molecule has 1 aliphatic heterocycles. The van der Waals surface area contributed by atoms with E-state index in [9.17, 15) is 4.79 Å². The molecule has 0 radical (unpaired) electrons. The van der Waals surface area contributed by atoms with E-state index >= 15 is 0 Å². The Bertz CT molecular complexity index is 694. The van der Waals surface area contributed by atoms with Crippen molar-refractivity contribution in [2.45, 2.75) is 26.8 Å². The topological polar surface area (TPSA) is 61.6 Å². The molecule has 1 aromatic heterocycles. The third-order valence-corrected chi connectivity index (χ3v) is 4.87. The predicted molar refractivity (Wildman–Crippen MR) is 97.6 cm³/mol. The van der Waals surface area contributed by atoms with Crippen molar-refractivity contribution in [1.29, 1.82) is 0 Å². The molecule has 6 nitrogen and oxygen atoms in total. The number of nitrogens with one attached hydrogen (secondary N) is 1. The zero-order valence-corrected chi connectivity index (χ0v) is 15.2. The molecule has 2 heterocycles. The third-order valence-electron chi connectivity index (χ3n) is 4.87. The minimum Gasteiger partial charge on any atom is -0.371 e. The first-order valence-electron chi connectivity index (χ1n) is 8.75. The molecule has 0 bridgehead atoms. The lowest BCUT2D eigenvalue weighted by Crippen LogP contribution is -2.39. The molecule has 6 heteroatoms. The molecule has 134 valence electrons. The standard InChI is InChI=1S/C19H26N4O2/c1-14-18(15(2)25-21-14)13-22(3)19(24)20-11-16-9-10-23(12-16)17-7-5-4-6-8-17/h4-8,16H,9-13H2,1-3H3,(H,20,24)/t16-/m1/s1. The first kappa shape index (κ1) is 17.3. The van der Waals surface area contributed by atoms with Gasteiger partial charge in [0, 0.05) is 37.9 Å². The second-order valence-corrected chi connectivity index (χ2v) is 6.78. The van der Waals surface area contributed by atoms with Gasteiger partial charge in [0.15, 0.2) is 0 Å². The Morgan fingerprint density at radius 3 is 2.80 bits per heavy atom. The van der Waals surface area contributed by atoms with Gasteiger partial charge in [0.25, 0.3) is 0 Å². The van der Waals surface area contributed by atoms with Gasteiger partial charge in [-0.05, 0) is 38.3 Å². The van der Waals surface area contributed by atoms with Gasteiger partial charge in [-0.25, -0.2) is 4.79 Å². The number of amides is 2. The molecule has 0 saturated carbocycles. The van der Waals surface area contributed by atoms with Gasteiger partial charge < -0.3 is 19.6 Å². The highest BCUT2D eigenvalue weighted by Gasteiger charge is 2.23. The van der Waals surface area contributed by atoms with E-state index in [2.05, 4.69) is 39.6 Å². The van der Waals surface area contributed by atoms with E-state index in [1.807, 2.05) is 19.9 Å². The molecule has 0 aliphatic carbocycles. The lowest BCUT2D eigenvalue weighted by atomic mass is 10.1. The number of para-hydroxylation sites is 1. The van der Waals surface area contributed by atoms with Gasteiger partial charge in [-0.1, -0.05) is 23.4 Å². The van der Waals surface area contributed by atoms with Crippen molar-refractivity contribution < 1.29 is 9.32 Å². The first-order chi connectivity index (χ1) is 12.0. The Kier molecular flexibility index (Phi) is 5.26. The molecule has 0 unspecified atom stereocenters. The maximum Gasteiger partial charge on any atom is 0.317 e. The van der Waals surface area contributed by atoms with Crippen LogP contribution in [0.5, 0.6) is 0 Å². The quantitative estimate of drug-likeness (QED) is 0.907. The Hall–Kier alpha value is -2.50. The van der Waals surface area contributed by atoms with Gasteiger partial charge >= 0.3 is 6.03 Å².